The highest BCUT2D eigenvalue weighted by atomic mass is 32.2. The number of rotatable bonds is 4. The zero-order chi connectivity index (χ0) is 12.3. The van der Waals surface area contributed by atoms with Crippen LogP contribution in [0.1, 0.15) is 17.5 Å². The lowest BCUT2D eigenvalue weighted by Gasteiger charge is -2.09. The molecule has 2 rings (SSSR count). The number of nitrogens with zero attached hydrogens (tertiary/aromatic N) is 2. The quantitative estimate of drug-likeness (QED) is 0.923. The van der Waals surface area contributed by atoms with Gasteiger partial charge in [0.1, 0.15) is 5.01 Å². The number of benzene rings is 1. The Hall–Kier alpha value is -0.910. The van der Waals surface area contributed by atoms with Gasteiger partial charge in [-0.2, -0.15) is 0 Å². The number of aromatic nitrogens is 2. The fraction of sp³-hybridized carbons (Fsp3) is 0.333. The molecule has 1 aromatic heterocycles. The SMILES string of the molecule is Cc1nnc(Sc2ccccc2CC(C)N)s1. The predicted molar refractivity (Wildman–Crippen MR) is 72.6 cm³/mol. The van der Waals surface area contributed by atoms with Crippen molar-refractivity contribution in [3.05, 3.63) is 34.8 Å². The molecular weight excluding hydrogens is 250 g/mol. The third kappa shape index (κ3) is 3.52. The van der Waals surface area contributed by atoms with Crippen molar-refractivity contribution >= 4 is 23.1 Å². The minimum atomic E-state index is 0.174. The Bertz CT molecular complexity index is 494. The van der Waals surface area contributed by atoms with Crippen molar-refractivity contribution in [3.8, 4) is 0 Å². The molecule has 0 saturated carbocycles. The molecule has 17 heavy (non-hydrogen) atoms. The summed E-state index contributed by atoms with van der Waals surface area (Å²) in [5.41, 5.74) is 7.13. The molecule has 0 amide bonds. The first-order valence-electron chi connectivity index (χ1n) is 5.46. The summed E-state index contributed by atoms with van der Waals surface area (Å²) in [7, 11) is 0. The van der Waals surface area contributed by atoms with Crippen molar-refractivity contribution in [1.29, 1.82) is 0 Å². The minimum absolute atomic E-state index is 0.174. The van der Waals surface area contributed by atoms with Crippen LogP contribution in [0.5, 0.6) is 0 Å². The largest absolute Gasteiger partial charge is 0.328 e. The van der Waals surface area contributed by atoms with Crippen LogP contribution in [0, 0.1) is 6.92 Å². The van der Waals surface area contributed by atoms with E-state index in [-0.39, 0.29) is 6.04 Å². The number of hydrogen-bond donors (Lipinski definition) is 1. The van der Waals surface area contributed by atoms with Gasteiger partial charge in [0.15, 0.2) is 4.34 Å². The van der Waals surface area contributed by atoms with Crippen molar-refractivity contribution in [2.24, 2.45) is 5.73 Å². The smallest absolute Gasteiger partial charge is 0.179 e. The van der Waals surface area contributed by atoms with E-state index in [1.165, 1.54) is 10.5 Å². The van der Waals surface area contributed by atoms with Gasteiger partial charge in [0.2, 0.25) is 0 Å². The molecule has 0 aliphatic rings. The monoisotopic (exact) mass is 265 g/mol. The summed E-state index contributed by atoms with van der Waals surface area (Å²) in [6.07, 6.45) is 0.890. The van der Waals surface area contributed by atoms with E-state index >= 15 is 0 Å². The standard InChI is InChI=1S/C12H15N3S2/c1-8(13)7-10-5-3-4-6-11(10)17-12-15-14-9(2)16-12/h3-6,8H,7,13H2,1-2H3. The first kappa shape index (κ1) is 12.5. The van der Waals surface area contributed by atoms with Crippen molar-refractivity contribution in [2.75, 3.05) is 0 Å². The molecule has 1 atom stereocenters. The Morgan fingerprint density at radius 3 is 2.76 bits per heavy atom. The molecule has 1 unspecified atom stereocenters. The van der Waals surface area contributed by atoms with Gasteiger partial charge in [-0.1, -0.05) is 41.3 Å². The van der Waals surface area contributed by atoms with Crippen molar-refractivity contribution in [1.82, 2.24) is 10.2 Å². The van der Waals surface area contributed by atoms with Crippen LogP contribution in [-0.4, -0.2) is 16.2 Å². The molecule has 3 nitrogen and oxygen atoms in total. The predicted octanol–water partition coefficient (Wildman–Crippen LogP) is 2.89. The Labute approximate surface area is 109 Å². The van der Waals surface area contributed by atoms with Crippen molar-refractivity contribution in [3.63, 3.8) is 0 Å². The highest BCUT2D eigenvalue weighted by molar-refractivity contribution is 8.01. The Morgan fingerprint density at radius 2 is 2.12 bits per heavy atom. The fourth-order valence-corrected chi connectivity index (χ4v) is 3.45. The molecule has 0 spiro atoms. The van der Waals surface area contributed by atoms with Crippen LogP contribution in [0.4, 0.5) is 0 Å². The van der Waals surface area contributed by atoms with E-state index in [4.69, 9.17) is 5.73 Å². The van der Waals surface area contributed by atoms with Crippen LogP contribution in [0.2, 0.25) is 0 Å². The second-order valence-corrected chi connectivity index (χ2v) is 6.45. The Kier molecular flexibility index (Phi) is 4.15. The summed E-state index contributed by atoms with van der Waals surface area (Å²) in [5, 5.41) is 9.16. The van der Waals surface area contributed by atoms with E-state index in [0.717, 1.165) is 15.8 Å². The Morgan fingerprint density at radius 1 is 1.35 bits per heavy atom. The van der Waals surface area contributed by atoms with Gasteiger partial charge in [-0.3, -0.25) is 0 Å². The highest BCUT2D eigenvalue weighted by Gasteiger charge is 2.08. The molecule has 1 heterocycles. The number of aryl methyl sites for hydroxylation is 1. The van der Waals surface area contributed by atoms with Gasteiger partial charge in [0.05, 0.1) is 0 Å². The molecular formula is C12H15N3S2. The van der Waals surface area contributed by atoms with Crippen LogP contribution in [0.25, 0.3) is 0 Å². The van der Waals surface area contributed by atoms with Gasteiger partial charge < -0.3 is 5.73 Å². The summed E-state index contributed by atoms with van der Waals surface area (Å²) in [6, 6.07) is 8.50. The van der Waals surface area contributed by atoms with E-state index in [1.54, 1.807) is 23.1 Å². The van der Waals surface area contributed by atoms with Crippen LogP contribution >= 0.6 is 23.1 Å². The molecule has 5 heteroatoms. The van der Waals surface area contributed by atoms with E-state index in [0.29, 0.717) is 0 Å². The molecule has 0 aliphatic carbocycles. The summed E-state index contributed by atoms with van der Waals surface area (Å²) in [5.74, 6) is 0. The molecule has 90 valence electrons. The van der Waals surface area contributed by atoms with Gasteiger partial charge in [-0.25, -0.2) is 0 Å². The lowest BCUT2D eigenvalue weighted by molar-refractivity contribution is 0.729. The van der Waals surface area contributed by atoms with Gasteiger partial charge in [0.25, 0.3) is 0 Å². The van der Waals surface area contributed by atoms with Crippen LogP contribution in [0.15, 0.2) is 33.5 Å². The van der Waals surface area contributed by atoms with E-state index < -0.39 is 0 Å². The lowest BCUT2D eigenvalue weighted by atomic mass is 10.1. The van der Waals surface area contributed by atoms with Gasteiger partial charge in [-0.15, -0.1) is 10.2 Å². The third-order valence-corrected chi connectivity index (χ3v) is 4.23. The molecule has 0 saturated heterocycles. The topological polar surface area (TPSA) is 51.8 Å². The van der Waals surface area contributed by atoms with E-state index in [1.807, 2.05) is 26.0 Å². The van der Waals surface area contributed by atoms with Crippen molar-refractivity contribution < 1.29 is 0 Å². The van der Waals surface area contributed by atoms with Gasteiger partial charge in [0, 0.05) is 10.9 Å². The van der Waals surface area contributed by atoms with Gasteiger partial charge in [-0.05, 0) is 31.9 Å². The molecule has 0 fully saturated rings. The zero-order valence-electron chi connectivity index (χ0n) is 9.88. The average Bonchev–Trinajstić information content (AvgIpc) is 2.66. The van der Waals surface area contributed by atoms with Crippen LogP contribution in [-0.2, 0) is 6.42 Å². The second kappa shape index (κ2) is 5.62. The van der Waals surface area contributed by atoms with E-state index in [9.17, 15) is 0 Å². The first-order valence-corrected chi connectivity index (χ1v) is 7.10. The van der Waals surface area contributed by atoms with Crippen LogP contribution < -0.4 is 5.73 Å². The maximum absolute atomic E-state index is 5.86. The number of nitrogens with two attached hydrogens (primary N) is 1. The second-order valence-electron chi connectivity index (χ2n) is 3.98. The fourth-order valence-electron chi connectivity index (χ4n) is 1.53. The molecule has 0 radical (unpaired) electrons. The van der Waals surface area contributed by atoms with Crippen LogP contribution in [0.3, 0.4) is 0 Å². The Balaban J connectivity index is 2.20. The summed E-state index contributed by atoms with van der Waals surface area (Å²) < 4.78 is 0.986. The first-order chi connectivity index (χ1) is 8.15. The highest BCUT2D eigenvalue weighted by Crippen LogP contribution is 2.32. The van der Waals surface area contributed by atoms with Gasteiger partial charge >= 0.3 is 0 Å². The number of hydrogen-bond acceptors (Lipinski definition) is 5. The molecule has 1 aromatic carbocycles. The molecule has 2 N–H and O–H groups in total. The maximum Gasteiger partial charge on any atom is 0.179 e. The summed E-state index contributed by atoms with van der Waals surface area (Å²) >= 11 is 3.29. The van der Waals surface area contributed by atoms with Crippen molar-refractivity contribution in [2.45, 2.75) is 35.5 Å². The minimum Gasteiger partial charge on any atom is -0.328 e. The third-order valence-electron chi connectivity index (χ3n) is 2.22. The molecule has 0 bridgehead atoms. The molecule has 2 aromatic rings. The lowest BCUT2D eigenvalue weighted by Crippen LogP contribution is -2.18. The summed E-state index contributed by atoms with van der Waals surface area (Å²) in [6.45, 7) is 3.99. The molecule has 0 aliphatic heterocycles. The average molecular weight is 265 g/mol. The normalized spacial score (nSPS) is 12.6. The summed E-state index contributed by atoms with van der Waals surface area (Å²) in [4.78, 5) is 1.22. The van der Waals surface area contributed by atoms with E-state index in [2.05, 4.69) is 22.3 Å². The zero-order valence-corrected chi connectivity index (χ0v) is 11.5. The maximum atomic E-state index is 5.86.